The van der Waals surface area contributed by atoms with Crippen molar-refractivity contribution in [2.75, 3.05) is 36.2 Å². The highest BCUT2D eigenvalue weighted by Crippen LogP contribution is 2.30. The number of aromatic nitrogens is 2. The number of carbonyl (C=O) groups excluding carboxylic acids is 1. The van der Waals surface area contributed by atoms with Crippen LogP contribution in [0.5, 0.6) is 0 Å². The summed E-state index contributed by atoms with van der Waals surface area (Å²) in [7, 11) is 3.90. The van der Waals surface area contributed by atoms with E-state index in [1.807, 2.05) is 25.1 Å². The minimum atomic E-state index is -0.501. The van der Waals surface area contributed by atoms with E-state index in [4.69, 9.17) is 0 Å². The van der Waals surface area contributed by atoms with Crippen molar-refractivity contribution in [1.29, 1.82) is 0 Å². The van der Waals surface area contributed by atoms with Crippen molar-refractivity contribution in [2.24, 2.45) is 5.92 Å². The van der Waals surface area contributed by atoms with Gasteiger partial charge in [-0.25, -0.2) is 14.2 Å². The van der Waals surface area contributed by atoms with Gasteiger partial charge in [-0.2, -0.15) is 4.98 Å². The summed E-state index contributed by atoms with van der Waals surface area (Å²) in [6.07, 6.45) is 5.70. The van der Waals surface area contributed by atoms with Gasteiger partial charge in [0.1, 0.15) is 11.6 Å². The van der Waals surface area contributed by atoms with E-state index in [0.29, 0.717) is 33.4 Å². The van der Waals surface area contributed by atoms with E-state index < -0.39 is 11.8 Å². The van der Waals surface area contributed by atoms with Gasteiger partial charge in [0.2, 0.25) is 5.95 Å². The Hall–Kier alpha value is -1.94. The van der Waals surface area contributed by atoms with Crippen LogP contribution in [0.2, 0.25) is 0 Å². The van der Waals surface area contributed by atoms with Crippen molar-refractivity contribution in [1.82, 2.24) is 15.3 Å². The molecule has 0 spiro atoms. The summed E-state index contributed by atoms with van der Waals surface area (Å²) >= 11 is 6.49. The second kappa shape index (κ2) is 10.4. The zero-order chi connectivity index (χ0) is 21.7. The van der Waals surface area contributed by atoms with Gasteiger partial charge in [-0.3, -0.25) is 0 Å². The molecular formula is C20H25Br2FN6O. The van der Waals surface area contributed by atoms with Gasteiger partial charge in [0, 0.05) is 41.8 Å². The first-order valence-corrected chi connectivity index (χ1v) is 11.4. The van der Waals surface area contributed by atoms with E-state index in [2.05, 4.69) is 57.8 Å². The number of halogens is 3. The first kappa shape index (κ1) is 22.7. The number of hydrogen-bond acceptors (Lipinski definition) is 5. The standard InChI is InChI=1S/C20H25Br2FN6O/c1-29(2)17-7-8-24-19(27-17)26-14-5-3-12(4-6-14)11-25-20(30)28-18-15(22)9-13(21)10-16(18)23/h7-10,12,14H,3-6,11H2,1-2H3,(H,24,26,27)(H2,25,28,30)/t12-,14+. The smallest absolute Gasteiger partial charge is 0.319 e. The van der Waals surface area contributed by atoms with E-state index in [0.717, 1.165) is 31.5 Å². The minimum absolute atomic E-state index is 0.128. The van der Waals surface area contributed by atoms with Crippen molar-refractivity contribution in [2.45, 2.75) is 31.7 Å². The van der Waals surface area contributed by atoms with E-state index in [-0.39, 0.29) is 5.69 Å². The Morgan fingerprint density at radius 3 is 2.63 bits per heavy atom. The predicted octanol–water partition coefficient (Wildman–Crippen LogP) is 5.00. The van der Waals surface area contributed by atoms with Crippen LogP contribution in [0, 0.1) is 11.7 Å². The summed E-state index contributed by atoms with van der Waals surface area (Å²) in [5.74, 6) is 1.40. The third-order valence-electron chi connectivity index (χ3n) is 5.08. The molecule has 0 saturated heterocycles. The summed E-state index contributed by atoms with van der Waals surface area (Å²) in [6, 6.07) is 4.78. The molecular weight excluding hydrogens is 519 g/mol. The fraction of sp³-hybridized carbons (Fsp3) is 0.450. The van der Waals surface area contributed by atoms with Crippen molar-refractivity contribution < 1.29 is 9.18 Å². The number of nitrogens with one attached hydrogen (secondary N) is 3. The molecule has 0 bridgehead atoms. The third kappa shape index (κ3) is 6.28. The third-order valence-corrected chi connectivity index (χ3v) is 6.16. The highest BCUT2D eigenvalue weighted by molar-refractivity contribution is 9.11. The number of carbonyl (C=O) groups is 1. The average molecular weight is 544 g/mol. The number of rotatable bonds is 6. The predicted molar refractivity (Wildman–Crippen MR) is 125 cm³/mol. The molecule has 3 N–H and O–H groups in total. The number of hydrogen-bond donors (Lipinski definition) is 3. The van der Waals surface area contributed by atoms with E-state index in [1.165, 1.54) is 6.07 Å². The molecule has 7 nitrogen and oxygen atoms in total. The quantitative estimate of drug-likeness (QED) is 0.477. The van der Waals surface area contributed by atoms with Gasteiger partial charge in [-0.15, -0.1) is 0 Å². The monoisotopic (exact) mass is 542 g/mol. The molecule has 0 unspecified atom stereocenters. The van der Waals surface area contributed by atoms with Crippen LogP contribution in [-0.4, -0.2) is 42.7 Å². The normalized spacial score (nSPS) is 18.6. The molecule has 1 aliphatic carbocycles. The molecule has 0 atom stereocenters. The maximum atomic E-state index is 14.0. The van der Waals surface area contributed by atoms with Crippen LogP contribution in [0.1, 0.15) is 25.7 Å². The second-order valence-electron chi connectivity index (χ2n) is 7.57. The number of amides is 2. The Morgan fingerprint density at radius 2 is 1.97 bits per heavy atom. The molecule has 1 aromatic carbocycles. The van der Waals surface area contributed by atoms with Crippen LogP contribution in [0.4, 0.5) is 26.6 Å². The molecule has 2 aromatic rings. The summed E-state index contributed by atoms with van der Waals surface area (Å²) in [5.41, 5.74) is 0.128. The van der Waals surface area contributed by atoms with Gasteiger partial charge in [0.05, 0.1) is 5.69 Å². The van der Waals surface area contributed by atoms with Gasteiger partial charge in [0.25, 0.3) is 0 Å². The molecule has 10 heteroatoms. The average Bonchev–Trinajstić information content (AvgIpc) is 2.70. The zero-order valence-corrected chi connectivity index (χ0v) is 20.1. The maximum absolute atomic E-state index is 14.0. The molecule has 1 saturated carbocycles. The van der Waals surface area contributed by atoms with E-state index >= 15 is 0 Å². The van der Waals surface area contributed by atoms with Crippen molar-refractivity contribution >= 4 is 55.3 Å². The lowest BCUT2D eigenvalue weighted by Crippen LogP contribution is -2.36. The minimum Gasteiger partial charge on any atom is -0.363 e. The van der Waals surface area contributed by atoms with Crippen molar-refractivity contribution in [3.8, 4) is 0 Å². The number of nitrogens with zero attached hydrogens (tertiary/aromatic N) is 3. The summed E-state index contributed by atoms with van der Waals surface area (Å²) in [6.45, 7) is 0.556. The van der Waals surface area contributed by atoms with Crippen LogP contribution in [0.3, 0.4) is 0 Å². The van der Waals surface area contributed by atoms with Gasteiger partial charge in [-0.1, -0.05) is 15.9 Å². The molecule has 162 valence electrons. The van der Waals surface area contributed by atoms with Crippen LogP contribution < -0.4 is 20.9 Å². The lowest BCUT2D eigenvalue weighted by molar-refractivity contribution is 0.246. The molecule has 0 aliphatic heterocycles. The Balaban J connectivity index is 1.43. The van der Waals surface area contributed by atoms with E-state index in [1.54, 1.807) is 12.3 Å². The van der Waals surface area contributed by atoms with Crippen molar-refractivity contribution in [3.05, 3.63) is 39.2 Å². The Kier molecular flexibility index (Phi) is 7.87. The maximum Gasteiger partial charge on any atom is 0.319 e. The molecule has 1 aromatic heterocycles. The topological polar surface area (TPSA) is 82.2 Å². The fourth-order valence-electron chi connectivity index (χ4n) is 3.42. The molecule has 1 heterocycles. The van der Waals surface area contributed by atoms with Gasteiger partial charge < -0.3 is 20.9 Å². The molecule has 30 heavy (non-hydrogen) atoms. The number of anilines is 3. The number of urea groups is 1. The van der Waals surface area contributed by atoms with Crippen LogP contribution in [-0.2, 0) is 0 Å². The van der Waals surface area contributed by atoms with Crippen LogP contribution >= 0.6 is 31.9 Å². The first-order valence-electron chi connectivity index (χ1n) is 9.78. The van der Waals surface area contributed by atoms with Gasteiger partial charge in [0.15, 0.2) is 0 Å². The molecule has 1 aliphatic rings. The van der Waals surface area contributed by atoms with Gasteiger partial charge in [-0.05, 0) is 65.7 Å². The lowest BCUT2D eigenvalue weighted by atomic mass is 9.86. The summed E-state index contributed by atoms with van der Waals surface area (Å²) in [4.78, 5) is 22.9. The second-order valence-corrected chi connectivity index (χ2v) is 9.34. The highest BCUT2D eigenvalue weighted by Gasteiger charge is 2.22. The summed E-state index contributed by atoms with van der Waals surface area (Å²) in [5, 5.41) is 8.84. The SMILES string of the molecule is CN(C)c1ccnc(N[C@H]2CC[C@@H](CNC(=O)Nc3c(F)cc(Br)cc3Br)CC2)n1. The Bertz CT molecular complexity index is 866. The van der Waals surface area contributed by atoms with Gasteiger partial charge >= 0.3 is 6.03 Å². The van der Waals surface area contributed by atoms with E-state index in [9.17, 15) is 9.18 Å². The van der Waals surface area contributed by atoms with Crippen molar-refractivity contribution in [3.63, 3.8) is 0 Å². The lowest BCUT2D eigenvalue weighted by Gasteiger charge is -2.29. The number of benzene rings is 1. The van der Waals surface area contributed by atoms with Crippen LogP contribution in [0.25, 0.3) is 0 Å². The first-order chi connectivity index (χ1) is 14.3. The largest absolute Gasteiger partial charge is 0.363 e. The molecule has 3 rings (SSSR count). The molecule has 0 radical (unpaired) electrons. The molecule has 1 fully saturated rings. The van der Waals surface area contributed by atoms with Crippen LogP contribution in [0.15, 0.2) is 33.3 Å². The molecule has 2 amide bonds. The Morgan fingerprint density at radius 1 is 1.23 bits per heavy atom. The Labute approximate surface area is 192 Å². The fourth-order valence-corrected chi connectivity index (χ4v) is 4.69. The highest BCUT2D eigenvalue weighted by atomic mass is 79.9. The zero-order valence-electron chi connectivity index (χ0n) is 16.9. The summed E-state index contributed by atoms with van der Waals surface area (Å²) < 4.78 is 15.1.